The van der Waals surface area contributed by atoms with Crippen LogP contribution in [0.25, 0.3) is 11.5 Å². The van der Waals surface area contributed by atoms with E-state index >= 15 is 0 Å². The molecular formula is C18H16ClN3O3S. The van der Waals surface area contributed by atoms with E-state index in [-0.39, 0.29) is 17.8 Å². The van der Waals surface area contributed by atoms with Crippen LogP contribution in [-0.4, -0.2) is 29.0 Å². The quantitative estimate of drug-likeness (QED) is 0.598. The molecule has 26 heavy (non-hydrogen) atoms. The number of hydrogen-bond acceptors (Lipinski definition) is 6. The first kappa shape index (κ1) is 18.3. The Kier molecular flexibility index (Phi) is 6.14. The molecule has 0 aliphatic rings. The van der Waals surface area contributed by atoms with Crippen molar-refractivity contribution in [2.45, 2.75) is 11.3 Å². The summed E-state index contributed by atoms with van der Waals surface area (Å²) in [6.45, 7) is 0. The third-order valence-electron chi connectivity index (χ3n) is 3.42. The van der Waals surface area contributed by atoms with E-state index in [4.69, 9.17) is 20.8 Å². The molecule has 1 heterocycles. The summed E-state index contributed by atoms with van der Waals surface area (Å²) in [6.07, 6.45) is 0.319. The molecule has 3 rings (SSSR count). The summed E-state index contributed by atoms with van der Waals surface area (Å²) < 4.78 is 10.8. The fraction of sp³-hybridized carbons (Fsp3) is 0.167. The van der Waals surface area contributed by atoms with E-state index in [1.165, 1.54) is 0 Å². The normalized spacial score (nSPS) is 10.5. The summed E-state index contributed by atoms with van der Waals surface area (Å²) in [5, 5.41) is 11.1. The minimum absolute atomic E-state index is 0.0624. The topological polar surface area (TPSA) is 77.3 Å². The van der Waals surface area contributed by atoms with E-state index in [1.54, 1.807) is 31.0 Å². The molecule has 134 valence electrons. The second-order valence-electron chi connectivity index (χ2n) is 5.21. The van der Waals surface area contributed by atoms with Gasteiger partial charge >= 0.3 is 6.01 Å². The average molecular weight is 390 g/mol. The molecule has 1 aromatic heterocycles. The van der Waals surface area contributed by atoms with E-state index < -0.39 is 0 Å². The van der Waals surface area contributed by atoms with Gasteiger partial charge in [-0.2, -0.15) is 0 Å². The van der Waals surface area contributed by atoms with Gasteiger partial charge in [-0.15, -0.1) is 16.9 Å². The van der Waals surface area contributed by atoms with E-state index in [1.807, 2.05) is 36.4 Å². The van der Waals surface area contributed by atoms with E-state index in [2.05, 4.69) is 15.5 Å². The van der Waals surface area contributed by atoms with Crippen molar-refractivity contribution in [1.29, 1.82) is 0 Å². The first-order valence-corrected chi connectivity index (χ1v) is 9.17. The lowest BCUT2D eigenvalue weighted by molar-refractivity contribution is -0.115. The predicted octanol–water partition coefficient (Wildman–Crippen LogP) is 4.52. The van der Waals surface area contributed by atoms with Crippen molar-refractivity contribution < 1.29 is 13.9 Å². The van der Waals surface area contributed by atoms with Crippen LogP contribution in [0.15, 0.2) is 57.8 Å². The van der Waals surface area contributed by atoms with Gasteiger partial charge in [0.05, 0.1) is 12.7 Å². The summed E-state index contributed by atoms with van der Waals surface area (Å²) in [5.41, 5.74) is 0.668. The molecule has 0 aliphatic heterocycles. The van der Waals surface area contributed by atoms with Gasteiger partial charge in [0, 0.05) is 22.1 Å². The van der Waals surface area contributed by atoms with Crippen molar-refractivity contribution >= 4 is 35.3 Å². The third kappa shape index (κ3) is 4.77. The SMILES string of the molecule is COc1ccccc1-c1nnc(NC(=O)CCSc2ccc(Cl)cc2)o1. The summed E-state index contributed by atoms with van der Waals surface area (Å²) in [5.74, 6) is 1.34. The van der Waals surface area contributed by atoms with Crippen LogP contribution in [-0.2, 0) is 4.79 Å². The van der Waals surface area contributed by atoms with Crippen LogP contribution >= 0.6 is 23.4 Å². The highest BCUT2D eigenvalue weighted by Gasteiger charge is 2.14. The Morgan fingerprint density at radius 2 is 1.96 bits per heavy atom. The summed E-state index contributed by atoms with van der Waals surface area (Å²) >= 11 is 7.42. The van der Waals surface area contributed by atoms with Gasteiger partial charge < -0.3 is 9.15 Å². The number of anilines is 1. The lowest BCUT2D eigenvalue weighted by Crippen LogP contribution is -2.12. The average Bonchev–Trinajstić information content (AvgIpc) is 3.11. The van der Waals surface area contributed by atoms with Crippen molar-refractivity contribution in [1.82, 2.24) is 10.2 Å². The number of rotatable bonds is 7. The smallest absolute Gasteiger partial charge is 0.322 e. The van der Waals surface area contributed by atoms with Crippen LogP contribution in [0.5, 0.6) is 5.75 Å². The molecule has 8 heteroatoms. The summed E-state index contributed by atoms with van der Waals surface area (Å²) in [6, 6.07) is 14.8. The fourth-order valence-electron chi connectivity index (χ4n) is 2.18. The van der Waals surface area contributed by atoms with Gasteiger partial charge in [0.1, 0.15) is 5.75 Å². The monoisotopic (exact) mass is 389 g/mol. The highest BCUT2D eigenvalue weighted by molar-refractivity contribution is 7.99. The highest BCUT2D eigenvalue weighted by Crippen LogP contribution is 2.29. The fourth-order valence-corrected chi connectivity index (χ4v) is 3.16. The molecule has 0 radical (unpaired) electrons. The van der Waals surface area contributed by atoms with Gasteiger partial charge in [-0.1, -0.05) is 28.8 Å². The van der Waals surface area contributed by atoms with Gasteiger partial charge in [-0.05, 0) is 36.4 Å². The van der Waals surface area contributed by atoms with E-state index in [0.717, 1.165) is 4.90 Å². The molecule has 2 aromatic carbocycles. The van der Waals surface area contributed by atoms with Crippen molar-refractivity contribution in [3.8, 4) is 17.2 Å². The Morgan fingerprint density at radius 3 is 2.73 bits per heavy atom. The summed E-state index contributed by atoms with van der Waals surface area (Å²) in [7, 11) is 1.57. The number of para-hydroxylation sites is 1. The number of methoxy groups -OCH3 is 1. The van der Waals surface area contributed by atoms with Gasteiger partial charge in [0.2, 0.25) is 5.91 Å². The van der Waals surface area contributed by atoms with Gasteiger partial charge in [0.15, 0.2) is 0 Å². The summed E-state index contributed by atoms with van der Waals surface area (Å²) in [4.78, 5) is 13.1. The Bertz CT molecular complexity index is 883. The van der Waals surface area contributed by atoms with E-state index in [0.29, 0.717) is 28.5 Å². The number of ether oxygens (including phenoxy) is 1. The number of aromatic nitrogens is 2. The predicted molar refractivity (Wildman–Crippen MR) is 102 cm³/mol. The minimum atomic E-state index is -0.193. The molecule has 0 unspecified atom stereocenters. The maximum Gasteiger partial charge on any atom is 0.322 e. The van der Waals surface area contributed by atoms with Crippen LogP contribution in [0.1, 0.15) is 6.42 Å². The number of amides is 1. The largest absolute Gasteiger partial charge is 0.496 e. The molecule has 1 amide bonds. The molecule has 0 aliphatic carbocycles. The van der Waals surface area contributed by atoms with Gasteiger partial charge in [-0.3, -0.25) is 10.1 Å². The van der Waals surface area contributed by atoms with Gasteiger partial charge in [0.25, 0.3) is 5.89 Å². The highest BCUT2D eigenvalue weighted by atomic mass is 35.5. The second kappa shape index (κ2) is 8.73. The number of nitrogens with one attached hydrogen (secondary N) is 1. The van der Waals surface area contributed by atoms with Crippen molar-refractivity contribution in [2.24, 2.45) is 0 Å². The van der Waals surface area contributed by atoms with Crippen molar-refractivity contribution in [3.63, 3.8) is 0 Å². The zero-order valence-electron chi connectivity index (χ0n) is 13.9. The molecule has 0 atom stereocenters. The molecule has 0 spiro atoms. The van der Waals surface area contributed by atoms with Crippen molar-refractivity contribution in [2.75, 3.05) is 18.2 Å². The number of nitrogens with zero attached hydrogens (tertiary/aromatic N) is 2. The lowest BCUT2D eigenvalue weighted by atomic mass is 10.2. The van der Waals surface area contributed by atoms with E-state index in [9.17, 15) is 4.79 Å². The number of halogens is 1. The number of benzene rings is 2. The molecule has 3 aromatic rings. The lowest BCUT2D eigenvalue weighted by Gasteiger charge is -2.03. The Balaban J connectivity index is 1.53. The zero-order chi connectivity index (χ0) is 18.4. The molecule has 0 fully saturated rings. The standard InChI is InChI=1S/C18H16ClN3O3S/c1-24-15-5-3-2-4-14(15)17-21-22-18(25-17)20-16(23)10-11-26-13-8-6-12(19)7-9-13/h2-9H,10-11H2,1H3,(H,20,22,23). The van der Waals surface area contributed by atoms with Crippen LogP contribution in [0.2, 0.25) is 5.02 Å². The third-order valence-corrected chi connectivity index (χ3v) is 4.69. The Hall–Kier alpha value is -2.51. The van der Waals surface area contributed by atoms with Gasteiger partial charge in [-0.25, -0.2) is 0 Å². The Morgan fingerprint density at radius 1 is 1.19 bits per heavy atom. The number of thioether (sulfide) groups is 1. The number of hydrogen-bond donors (Lipinski definition) is 1. The van der Waals surface area contributed by atoms with Crippen LogP contribution in [0, 0.1) is 0 Å². The molecule has 6 nitrogen and oxygen atoms in total. The first-order valence-electron chi connectivity index (χ1n) is 7.81. The molecular weight excluding hydrogens is 374 g/mol. The maximum absolute atomic E-state index is 12.0. The minimum Gasteiger partial charge on any atom is -0.496 e. The van der Waals surface area contributed by atoms with Crippen LogP contribution in [0.3, 0.4) is 0 Å². The Labute approximate surface area is 159 Å². The maximum atomic E-state index is 12.0. The van der Waals surface area contributed by atoms with Crippen LogP contribution in [0.4, 0.5) is 6.01 Å². The number of carbonyl (C=O) groups is 1. The van der Waals surface area contributed by atoms with Crippen LogP contribution < -0.4 is 10.1 Å². The molecule has 0 bridgehead atoms. The first-order chi connectivity index (χ1) is 12.7. The molecule has 0 saturated carbocycles. The van der Waals surface area contributed by atoms with Crippen molar-refractivity contribution in [3.05, 3.63) is 53.6 Å². The molecule has 0 saturated heterocycles. The zero-order valence-corrected chi connectivity index (χ0v) is 15.5. The molecule has 1 N–H and O–H groups in total. The number of carbonyl (C=O) groups excluding carboxylic acids is 1. The second-order valence-corrected chi connectivity index (χ2v) is 6.82.